The molecule has 1 aromatic carbocycles. The van der Waals surface area contributed by atoms with Gasteiger partial charge in [0.1, 0.15) is 5.82 Å². The first-order chi connectivity index (χ1) is 7.06. The largest absolute Gasteiger partial charge is 0.469 e. The van der Waals surface area contributed by atoms with E-state index in [1.165, 1.54) is 6.07 Å². The van der Waals surface area contributed by atoms with Gasteiger partial charge >= 0.3 is 5.97 Å². The number of ether oxygens (including phenoxy) is 1. The van der Waals surface area contributed by atoms with Crippen LogP contribution in [0.3, 0.4) is 0 Å². The summed E-state index contributed by atoms with van der Waals surface area (Å²) in [5.41, 5.74) is -0.672. The Morgan fingerprint density at radius 3 is 2.80 bits per heavy atom. The zero-order valence-corrected chi connectivity index (χ0v) is 7.90. The molecule has 0 bridgehead atoms. The lowest BCUT2D eigenvalue weighted by Crippen LogP contribution is -2.08. The number of carbonyl (C=O) groups is 1. The summed E-state index contributed by atoms with van der Waals surface area (Å²) < 4.78 is 17.5. The Kier molecular flexibility index (Phi) is 3.33. The first-order valence-corrected chi connectivity index (χ1v) is 4.05. The van der Waals surface area contributed by atoms with E-state index in [9.17, 15) is 19.3 Å². The maximum Gasteiger partial charge on any atom is 0.310 e. The van der Waals surface area contributed by atoms with Crippen molar-refractivity contribution >= 4 is 11.7 Å². The molecule has 0 N–H and O–H groups in total. The average molecular weight is 213 g/mol. The van der Waals surface area contributed by atoms with Crippen molar-refractivity contribution in [2.45, 2.75) is 6.42 Å². The highest BCUT2D eigenvalue weighted by molar-refractivity contribution is 5.74. The summed E-state index contributed by atoms with van der Waals surface area (Å²) in [5.74, 6) is -1.50. The van der Waals surface area contributed by atoms with Gasteiger partial charge in [-0.05, 0) is 6.07 Å². The molecule has 0 saturated carbocycles. The van der Waals surface area contributed by atoms with Crippen molar-refractivity contribution < 1.29 is 18.8 Å². The fraction of sp³-hybridized carbons (Fsp3) is 0.222. The van der Waals surface area contributed by atoms with Crippen LogP contribution in [0.2, 0.25) is 0 Å². The third kappa shape index (κ3) is 2.49. The van der Waals surface area contributed by atoms with Gasteiger partial charge in [-0.2, -0.15) is 0 Å². The lowest BCUT2D eigenvalue weighted by atomic mass is 10.1. The molecule has 0 amide bonds. The second-order valence-electron chi connectivity index (χ2n) is 2.75. The average Bonchev–Trinajstić information content (AvgIpc) is 2.20. The van der Waals surface area contributed by atoms with E-state index in [-0.39, 0.29) is 5.56 Å². The number of nitrogens with zero attached hydrogens (tertiary/aromatic N) is 1. The number of methoxy groups -OCH3 is 1. The maximum absolute atomic E-state index is 13.2. The van der Waals surface area contributed by atoms with Crippen LogP contribution in [-0.2, 0) is 16.0 Å². The van der Waals surface area contributed by atoms with Gasteiger partial charge < -0.3 is 4.74 Å². The lowest BCUT2D eigenvalue weighted by Gasteiger charge is -2.02. The van der Waals surface area contributed by atoms with Crippen LogP contribution in [-0.4, -0.2) is 18.0 Å². The van der Waals surface area contributed by atoms with Crippen LogP contribution in [0.25, 0.3) is 0 Å². The van der Waals surface area contributed by atoms with Crippen molar-refractivity contribution in [3.05, 3.63) is 39.7 Å². The number of benzene rings is 1. The van der Waals surface area contributed by atoms with E-state index in [1.54, 1.807) is 0 Å². The summed E-state index contributed by atoms with van der Waals surface area (Å²) >= 11 is 0. The Morgan fingerprint density at radius 2 is 2.27 bits per heavy atom. The van der Waals surface area contributed by atoms with Gasteiger partial charge in [-0.1, -0.05) is 6.07 Å². The number of hydrogen-bond donors (Lipinski definition) is 0. The van der Waals surface area contributed by atoms with Gasteiger partial charge in [0.05, 0.1) is 24.0 Å². The molecule has 1 rings (SSSR count). The van der Waals surface area contributed by atoms with E-state index in [1.807, 2.05) is 0 Å². The molecule has 6 heteroatoms. The lowest BCUT2D eigenvalue weighted by molar-refractivity contribution is -0.385. The maximum atomic E-state index is 13.2. The summed E-state index contributed by atoms with van der Waals surface area (Å²) in [6.45, 7) is 0. The van der Waals surface area contributed by atoms with Gasteiger partial charge in [0, 0.05) is 6.07 Å². The van der Waals surface area contributed by atoms with Crippen molar-refractivity contribution in [2.24, 2.45) is 0 Å². The molecule has 0 atom stereocenters. The molecule has 80 valence electrons. The molecule has 0 radical (unpaired) electrons. The summed E-state index contributed by atoms with van der Waals surface area (Å²) in [6, 6.07) is 3.42. The van der Waals surface area contributed by atoms with Gasteiger partial charge in [0.2, 0.25) is 0 Å². The second-order valence-corrected chi connectivity index (χ2v) is 2.75. The molecule has 0 unspecified atom stereocenters. The molecule has 0 aliphatic heterocycles. The van der Waals surface area contributed by atoms with Gasteiger partial charge in [-0.3, -0.25) is 14.9 Å². The highest BCUT2D eigenvalue weighted by Gasteiger charge is 2.20. The molecule has 0 aliphatic carbocycles. The van der Waals surface area contributed by atoms with E-state index in [0.29, 0.717) is 0 Å². The molecule has 0 saturated heterocycles. The van der Waals surface area contributed by atoms with Crippen LogP contribution in [0.4, 0.5) is 10.1 Å². The van der Waals surface area contributed by atoms with E-state index < -0.39 is 28.8 Å². The van der Waals surface area contributed by atoms with Gasteiger partial charge in [-0.15, -0.1) is 0 Å². The van der Waals surface area contributed by atoms with Crippen molar-refractivity contribution in [3.8, 4) is 0 Å². The number of halogens is 1. The zero-order valence-electron chi connectivity index (χ0n) is 7.90. The third-order valence-corrected chi connectivity index (χ3v) is 1.84. The number of nitro benzene ring substituents is 1. The van der Waals surface area contributed by atoms with Gasteiger partial charge in [-0.25, -0.2) is 4.39 Å². The summed E-state index contributed by atoms with van der Waals surface area (Å²) in [6.07, 6.45) is -0.445. The molecule has 0 aliphatic rings. The molecule has 0 heterocycles. The normalized spacial score (nSPS) is 9.73. The number of nitro groups is 1. The third-order valence-electron chi connectivity index (χ3n) is 1.84. The molecule has 1 aromatic rings. The summed E-state index contributed by atoms with van der Waals surface area (Å²) in [4.78, 5) is 20.7. The van der Waals surface area contributed by atoms with E-state index in [4.69, 9.17) is 0 Å². The van der Waals surface area contributed by atoms with Crippen LogP contribution in [0.1, 0.15) is 5.56 Å². The van der Waals surface area contributed by atoms with Crippen LogP contribution in [0.15, 0.2) is 18.2 Å². The quantitative estimate of drug-likeness (QED) is 0.433. The number of carbonyl (C=O) groups excluding carboxylic acids is 1. The smallest absolute Gasteiger partial charge is 0.310 e. The van der Waals surface area contributed by atoms with Crippen molar-refractivity contribution in [2.75, 3.05) is 7.11 Å². The van der Waals surface area contributed by atoms with Crippen molar-refractivity contribution in [1.82, 2.24) is 0 Å². The van der Waals surface area contributed by atoms with Crippen LogP contribution in [0.5, 0.6) is 0 Å². The van der Waals surface area contributed by atoms with E-state index >= 15 is 0 Å². The zero-order chi connectivity index (χ0) is 11.4. The van der Waals surface area contributed by atoms with E-state index in [2.05, 4.69) is 4.74 Å². The summed E-state index contributed by atoms with van der Waals surface area (Å²) in [5, 5.41) is 10.5. The molecule has 5 nitrogen and oxygen atoms in total. The van der Waals surface area contributed by atoms with Gasteiger partial charge in [0.25, 0.3) is 5.69 Å². The van der Waals surface area contributed by atoms with Crippen molar-refractivity contribution in [3.63, 3.8) is 0 Å². The minimum absolute atomic E-state index is 0.255. The standard InChI is InChI=1S/C9H8FNO4/c1-15-9(12)5-6-7(10)3-2-4-8(6)11(13)14/h2-4H,5H2,1H3. The van der Waals surface area contributed by atoms with Crippen molar-refractivity contribution in [1.29, 1.82) is 0 Å². The minimum Gasteiger partial charge on any atom is -0.469 e. The molecule has 15 heavy (non-hydrogen) atoms. The van der Waals surface area contributed by atoms with E-state index in [0.717, 1.165) is 19.2 Å². The molecule has 0 fully saturated rings. The predicted molar refractivity (Wildman–Crippen MR) is 48.8 cm³/mol. The molecule has 0 spiro atoms. The Labute approximate surface area is 84.6 Å². The molecular formula is C9H8FNO4. The number of rotatable bonds is 3. The Bertz CT molecular complexity index is 405. The fourth-order valence-electron chi connectivity index (χ4n) is 1.11. The SMILES string of the molecule is COC(=O)Cc1c(F)cccc1[N+](=O)[O-]. The van der Waals surface area contributed by atoms with Gasteiger partial charge in [0.15, 0.2) is 0 Å². The topological polar surface area (TPSA) is 69.4 Å². The summed E-state index contributed by atoms with van der Waals surface area (Å²) in [7, 11) is 1.13. The number of esters is 1. The van der Waals surface area contributed by atoms with Crippen LogP contribution < -0.4 is 0 Å². The Hall–Kier alpha value is -1.98. The Morgan fingerprint density at radius 1 is 1.60 bits per heavy atom. The van der Waals surface area contributed by atoms with Crippen LogP contribution in [0, 0.1) is 15.9 Å². The fourth-order valence-corrected chi connectivity index (χ4v) is 1.11. The first kappa shape index (κ1) is 11.1. The monoisotopic (exact) mass is 213 g/mol. The number of hydrogen-bond acceptors (Lipinski definition) is 4. The minimum atomic E-state index is -0.783. The highest BCUT2D eigenvalue weighted by atomic mass is 19.1. The van der Waals surface area contributed by atoms with Crippen LogP contribution >= 0.6 is 0 Å². The molecule has 0 aromatic heterocycles. The predicted octanol–water partition coefficient (Wildman–Crippen LogP) is 1.45. The first-order valence-electron chi connectivity index (χ1n) is 4.05. The second kappa shape index (κ2) is 4.50. The molecular weight excluding hydrogens is 205 g/mol. The Balaban J connectivity index is 3.13. The highest BCUT2D eigenvalue weighted by Crippen LogP contribution is 2.21.